The number of nitrogens with zero attached hydrogens (tertiary/aromatic N) is 3. The first-order chi connectivity index (χ1) is 14.3. The smallest absolute Gasteiger partial charge is 0.329 e. The van der Waals surface area contributed by atoms with Crippen molar-refractivity contribution in [1.82, 2.24) is 19.1 Å². The fourth-order valence-corrected chi connectivity index (χ4v) is 4.36. The molecule has 2 heterocycles. The van der Waals surface area contributed by atoms with Gasteiger partial charge in [-0.25, -0.2) is 9.78 Å². The third-order valence-corrected chi connectivity index (χ3v) is 5.97. The van der Waals surface area contributed by atoms with Crippen molar-refractivity contribution in [3.63, 3.8) is 0 Å². The van der Waals surface area contributed by atoms with E-state index in [9.17, 15) is 19.2 Å². The molecule has 0 spiro atoms. The average Bonchev–Trinajstić information content (AvgIpc) is 2.70. The van der Waals surface area contributed by atoms with E-state index in [1.54, 1.807) is 18.2 Å². The fraction of sp³-hybridized carbons (Fsp3) is 0.316. The number of hydrogen-bond acceptors (Lipinski definition) is 7. The molecule has 9 nitrogen and oxygen atoms in total. The third kappa shape index (κ3) is 4.12. The second-order valence-corrected chi connectivity index (χ2v) is 8.35. The van der Waals surface area contributed by atoms with Gasteiger partial charge in [-0.3, -0.25) is 28.5 Å². The second-order valence-electron chi connectivity index (χ2n) is 6.49. The fourth-order valence-electron chi connectivity index (χ4n) is 3.07. The maximum atomic E-state index is 12.8. The molecular formula is C19H20BrN5O4S. The number of thioether (sulfide) groups is 1. The van der Waals surface area contributed by atoms with E-state index >= 15 is 0 Å². The van der Waals surface area contributed by atoms with Crippen molar-refractivity contribution >= 4 is 50.2 Å². The lowest BCUT2D eigenvalue weighted by molar-refractivity contribution is 0.102. The molecule has 0 fully saturated rings. The van der Waals surface area contributed by atoms with Crippen LogP contribution in [0, 0.1) is 0 Å². The lowest BCUT2D eigenvalue weighted by Crippen LogP contribution is -2.36. The molecule has 0 aliphatic carbocycles. The molecule has 0 amide bonds. The number of aromatic nitrogens is 4. The summed E-state index contributed by atoms with van der Waals surface area (Å²) in [4.78, 5) is 56.3. The number of H-pyrrole nitrogens is 1. The van der Waals surface area contributed by atoms with E-state index in [0.29, 0.717) is 29.0 Å². The molecule has 0 bridgehead atoms. The van der Waals surface area contributed by atoms with Gasteiger partial charge in [0.25, 0.3) is 11.1 Å². The van der Waals surface area contributed by atoms with Gasteiger partial charge in [0.2, 0.25) is 0 Å². The molecule has 0 saturated heterocycles. The van der Waals surface area contributed by atoms with Crippen molar-refractivity contribution in [3.05, 3.63) is 59.4 Å². The van der Waals surface area contributed by atoms with E-state index in [-0.39, 0.29) is 29.2 Å². The zero-order valence-electron chi connectivity index (χ0n) is 16.4. The van der Waals surface area contributed by atoms with Gasteiger partial charge in [0, 0.05) is 17.6 Å². The minimum absolute atomic E-state index is 0.152. The first kappa shape index (κ1) is 22.0. The Labute approximate surface area is 183 Å². The maximum absolute atomic E-state index is 12.8. The zero-order valence-corrected chi connectivity index (χ0v) is 18.8. The first-order valence-electron chi connectivity index (χ1n) is 9.27. The molecule has 0 unspecified atom stereocenters. The number of rotatable bonds is 7. The average molecular weight is 494 g/mol. The highest BCUT2D eigenvalue weighted by Crippen LogP contribution is 2.21. The van der Waals surface area contributed by atoms with Crippen molar-refractivity contribution < 1.29 is 4.79 Å². The van der Waals surface area contributed by atoms with Crippen LogP contribution in [-0.2, 0) is 13.1 Å². The van der Waals surface area contributed by atoms with Crippen molar-refractivity contribution in [2.45, 2.75) is 38.5 Å². The largest absolute Gasteiger partial charge is 0.384 e. The van der Waals surface area contributed by atoms with Crippen LogP contribution in [0.4, 0.5) is 5.82 Å². The summed E-state index contributed by atoms with van der Waals surface area (Å²) in [5, 5.41) is 0.830. The highest BCUT2D eigenvalue weighted by molar-refractivity contribution is 9.10. The van der Waals surface area contributed by atoms with Crippen LogP contribution >= 0.6 is 27.7 Å². The number of benzene rings is 1. The molecule has 0 aliphatic heterocycles. The lowest BCUT2D eigenvalue weighted by atomic mass is 10.2. The van der Waals surface area contributed by atoms with Crippen molar-refractivity contribution in [2.24, 2.45) is 0 Å². The number of nitrogens with two attached hydrogens (primary N) is 1. The molecule has 0 atom stereocenters. The second kappa shape index (κ2) is 9.00. The van der Waals surface area contributed by atoms with Crippen LogP contribution < -0.4 is 22.5 Å². The summed E-state index contributed by atoms with van der Waals surface area (Å²) in [5.74, 6) is -0.858. The van der Waals surface area contributed by atoms with Crippen LogP contribution in [0.25, 0.3) is 10.9 Å². The van der Waals surface area contributed by atoms with E-state index in [2.05, 4.69) is 25.9 Å². The Bertz CT molecular complexity index is 1310. The Hall–Kier alpha value is -2.66. The molecule has 11 heteroatoms. The Morgan fingerprint density at radius 1 is 1.23 bits per heavy atom. The number of nitrogens with one attached hydrogen (secondary N) is 1. The van der Waals surface area contributed by atoms with Crippen molar-refractivity contribution in [3.8, 4) is 0 Å². The SMILES string of the molecule is CCCn1c(N)c(C(=O)CSc2nc3ccc(Br)cc3c(=O)n2CC)c(=O)[nH]c1=O. The van der Waals surface area contributed by atoms with Crippen LogP contribution in [-0.4, -0.2) is 30.6 Å². The molecular weight excluding hydrogens is 474 g/mol. The predicted octanol–water partition coefficient (Wildman–Crippen LogP) is 2.00. The molecule has 1 aromatic carbocycles. The van der Waals surface area contributed by atoms with Gasteiger partial charge < -0.3 is 5.73 Å². The number of carbonyl (C=O) groups is 1. The summed E-state index contributed by atoms with van der Waals surface area (Å²) in [6.45, 7) is 4.31. The number of anilines is 1. The van der Waals surface area contributed by atoms with E-state index in [1.165, 1.54) is 9.13 Å². The van der Waals surface area contributed by atoms with E-state index in [1.807, 2.05) is 13.8 Å². The van der Waals surface area contributed by atoms with Crippen LogP contribution in [0.5, 0.6) is 0 Å². The van der Waals surface area contributed by atoms with E-state index in [4.69, 9.17) is 5.73 Å². The van der Waals surface area contributed by atoms with Gasteiger partial charge in [-0.2, -0.15) is 0 Å². The highest BCUT2D eigenvalue weighted by atomic mass is 79.9. The molecule has 0 radical (unpaired) electrons. The van der Waals surface area contributed by atoms with Crippen LogP contribution in [0.2, 0.25) is 0 Å². The first-order valence-corrected chi connectivity index (χ1v) is 11.0. The Morgan fingerprint density at radius 2 is 1.97 bits per heavy atom. The van der Waals surface area contributed by atoms with E-state index in [0.717, 1.165) is 16.2 Å². The summed E-state index contributed by atoms with van der Waals surface area (Å²) in [5.41, 5.74) is 4.52. The summed E-state index contributed by atoms with van der Waals surface area (Å²) >= 11 is 4.39. The van der Waals surface area contributed by atoms with Crippen LogP contribution in [0.15, 0.2) is 42.2 Å². The highest BCUT2D eigenvalue weighted by Gasteiger charge is 2.20. The summed E-state index contributed by atoms with van der Waals surface area (Å²) in [7, 11) is 0. The Balaban J connectivity index is 1.97. The van der Waals surface area contributed by atoms with Crippen molar-refractivity contribution in [2.75, 3.05) is 11.5 Å². The lowest BCUT2D eigenvalue weighted by Gasteiger charge is -2.12. The molecule has 3 rings (SSSR count). The van der Waals surface area contributed by atoms with Gasteiger partial charge in [0.1, 0.15) is 11.4 Å². The van der Waals surface area contributed by atoms with Crippen LogP contribution in [0.3, 0.4) is 0 Å². The minimum Gasteiger partial charge on any atom is -0.384 e. The normalized spacial score (nSPS) is 11.2. The minimum atomic E-state index is -0.820. The number of aromatic amines is 1. The zero-order chi connectivity index (χ0) is 22.0. The van der Waals surface area contributed by atoms with Gasteiger partial charge >= 0.3 is 5.69 Å². The van der Waals surface area contributed by atoms with Gasteiger partial charge in [-0.15, -0.1) is 0 Å². The number of hydrogen-bond donors (Lipinski definition) is 2. The Kier molecular flexibility index (Phi) is 6.61. The van der Waals surface area contributed by atoms with Crippen molar-refractivity contribution in [1.29, 1.82) is 0 Å². The number of fused-ring (bicyclic) bond motifs is 1. The Morgan fingerprint density at radius 3 is 2.63 bits per heavy atom. The third-order valence-electron chi connectivity index (χ3n) is 4.50. The van der Waals surface area contributed by atoms with Gasteiger partial charge in [0.05, 0.1) is 16.7 Å². The molecule has 0 aliphatic rings. The number of ketones is 1. The molecule has 30 heavy (non-hydrogen) atoms. The molecule has 2 aromatic heterocycles. The monoisotopic (exact) mass is 493 g/mol. The van der Waals surface area contributed by atoms with Gasteiger partial charge in [-0.05, 0) is 31.5 Å². The summed E-state index contributed by atoms with van der Waals surface area (Å²) < 4.78 is 3.41. The number of Topliss-reactive ketones (excluding diaryl/α,β-unsaturated/α-hetero) is 1. The van der Waals surface area contributed by atoms with Gasteiger partial charge in [-0.1, -0.05) is 34.6 Å². The number of nitrogen functional groups attached to an aromatic ring is 1. The standard InChI is InChI=1S/C19H20BrN5O4S/c1-3-7-25-15(21)14(16(27)23-18(25)29)13(26)9-30-19-22-12-6-5-10(20)8-11(12)17(28)24(19)4-2/h5-6,8H,3-4,7,9,21H2,1-2H3,(H,23,27,29). The molecule has 3 aromatic rings. The summed E-state index contributed by atoms with van der Waals surface area (Å²) in [6, 6.07) is 5.20. The number of carbonyl (C=O) groups excluding carboxylic acids is 1. The predicted molar refractivity (Wildman–Crippen MR) is 120 cm³/mol. The topological polar surface area (TPSA) is 133 Å². The maximum Gasteiger partial charge on any atom is 0.329 e. The van der Waals surface area contributed by atoms with E-state index < -0.39 is 17.0 Å². The number of halogens is 1. The molecule has 0 saturated carbocycles. The molecule has 158 valence electrons. The van der Waals surface area contributed by atoms with Gasteiger partial charge in [0.15, 0.2) is 10.9 Å². The van der Waals surface area contributed by atoms with Crippen LogP contribution in [0.1, 0.15) is 30.6 Å². The summed E-state index contributed by atoms with van der Waals surface area (Å²) in [6.07, 6.45) is 0.610. The quantitative estimate of drug-likeness (QED) is 0.292. The molecule has 3 N–H and O–H groups in total.